The lowest BCUT2D eigenvalue weighted by Crippen LogP contribution is -2.58. The van der Waals surface area contributed by atoms with Crippen LogP contribution < -0.4 is 15.0 Å². The summed E-state index contributed by atoms with van der Waals surface area (Å²) in [6, 6.07) is 17.5. The molecule has 8 nitrogen and oxygen atoms in total. The number of benzene rings is 2. The largest absolute Gasteiger partial charge is 0.496 e. The van der Waals surface area contributed by atoms with Gasteiger partial charge in [0, 0.05) is 25.3 Å². The molecule has 1 atom stereocenters. The van der Waals surface area contributed by atoms with Crippen LogP contribution in [0, 0.1) is 0 Å². The van der Waals surface area contributed by atoms with Gasteiger partial charge in [0.2, 0.25) is 11.8 Å². The molecule has 2 aromatic rings. The van der Waals surface area contributed by atoms with E-state index in [1.807, 2.05) is 54.6 Å². The topological polar surface area (TPSA) is 82.2 Å². The fraction of sp³-hybridized carbons (Fsp3) is 0.444. The average molecular weight is 513 g/mol. The van der Waals surface area contributed by atoms with Crippen molar-refractivity contribution in [3.63, 3.8) is 0 Å². The molecule has 0 aromatic heterocycles. The van der Waals surface area contributed by atoms with E-state index in [1.165, 1.54) is 0 Å². The number of alkyl halides is 1. The summed E-state index contributed by atoms with van der Waals surface area (Å²) < 4.78 is 5.37. The maximum atomic E-state index is 13.7. The summed E-state index contributed by atoms with van der Waals surface area (Å²) in [4.78, 5) is 44.4. The molecule has 2 aliphatic heterocycles. The molecule has 2 saturated heterocycles. The molecule has 2 fully saturated rings. The summed E-state index contributed by atoms with van der Waals surface area (Å²) in [5.74, 6) is 0.397. The Morgan fingerprint density at radius 1 is 1.08 bits per heavy atom. The van der Waals surface area contributed by atoms with Gasteiger partial charge in [-0.2, -0.15) is 0 Å². The first-order valence-corrected chi connectivity index (χ1v) is 12.7. The number of likely N-dealkylation sites (tertiary alicyclic amines) is 1. The zero-order valence-corrected chi connectivity index (χ0v) is 21.5. The van der Waals surface area contributed by atoms with Gasteiger partial charge < -0.3 is 24.8 Å². The van der Waals surface area contributed by atoms with Crippen molar-refractivity contribution in [1.82, 2.24) is 15.1 Å². The molecule has 192 valence electrons. The van der Waals surface area contributed by atoms with Crippen LogP contribution in [0.15, 0.2) is 54.6 Å². The van der Waals surface area contributed by atoms with Gasteiger partial charge in [0.25, 0.3) is 5.91 Å². The lowest BCUT2D eigenvalue weighted by atomic mass is 9.85. The zero-order chi connectivity index (χ0) is 25.7. The standard InChI is InChI=1S/C27H33ClN4O4/c1-20(28)25(34)30-16-13-27(14-17-30)26(35)31(19-32(27)22-9-4-3-5-10-22)18-24(33)29-15-12-21-8-6-7-11-23(21)36-2/h3-11,20H,12-19H2,1-2H3,(H,29,33). The Balaban J connectivity index is 1.43. The number of nitrogens with zero attached hydrogens (tertiary/aromatic N) is 3. The summed E-state index contributed by atoms with van der Waals surface area (Å²) >= 11 is 6.02. The fourth-order valence-corrected chi connectivity index (χ4v) is 5.28. The number of para-hydroxylation sites is 2. The van der Waals surface area contributed by atoms with Crippen molar-refractivity contribution in [3.05, 3.63) is 60.2 Å². The molecule has 3 amide bonds. The molecule has 2 aromatic carbocycles. The molecular weight excluding hydrogens is 480 g/mol. The summed E-state index contributed by atoms with van der Waals surface area (Å²) in [6.45, 7) is 3.32. The van der Waals surface area contributed by atoms with Gasteiger partial charge in [-0.3, -0.25) is 14.4 Å². The number of methoxy groups -OCH3 is 1. The van der Waals surface area contributed by atoms with Gasteiger partial charge in [-0.25, -0.2) is 0 Å². The van der Waals surface area contributed by atoms with Gasteiger partial charge in [-0.1, -0.05) is 36.4 Å². The predicted molar refractivity (Wildman–Crippen MR) is 139 cm³/mol. The summed E-state index contributed by atoms with van der Waals surface area (Å²) in [6.07, 6.45) is 1.61. The third kappa shape index (κ3) is 5.28. The molecule has 0 aliphatic carbocycles. The number of hydrogen-bond donors (Lipinski definition) is 1. The van der Waals surface area contributed by atoms with E-state index >= 15 is 0 Å². The van der Waals surface area contributed by atoms with E-state index in [0.717, 1.165) is 17.0 Å². The van der Waals surface area contributed by atoms with E-state index in [2.05, 4.69) is 10.2 Å². The second kappa shape index (κ2) is 11.2. The smallest absolute Gasteiger partial charge is 0.250 e. The second-order valence-electron chi connectivity index (χ2n) is 9.29. The highest BCUT2D eigenvalue weighted by atomic mass is 35.5. The number of halogens is 1. The van der Waals surface area contributed by atoms with Crippen molar-refractivity contribution >= 4 is 35.0 Å². The van der Waals surface area contributed by atoms with Crippen LogP contribution in [0.5, 0.6) is 5.75 Å². The lowest BCUT2D eigenvalue weighted by molar-refractivity contribution is -0.139. The molecule has 1 N–H and O–H groups in total. The molecule has 4 rings (SSSR count). The highest BCUT2D eigenvalue weighted by Gasteiger charge is 2.54. The van der Waals surface area contributed by atoms with Crippen LogP contribution in [0.25, 0.3) is 0 Å². The first kappa shape index (κ1) is 25.8. The molecular formula is C27H33ClN4O4. The van der Waals surface area contributed by atoms with E-state index < -0.39 is 10.9 Å². The number of amides is 3. The Bertz CT molecular complexity index is 1090. The van der Waals surface area contributed by atoms with Crippen LogP contribution >= 0.6 is 11.6 Å². The molecule has 2 aliphatic rings. The molecule has 0 saturated carbocycles. The Hall–Kier alpha value is -3.26. The van der Waals surface area contributed by atoms with Gasteiger partial charge in [-0.15, -0.1) is 11.6 Å². The Labute approximate surface area is 217 Å². The van der Waals surface area contributed by atoms with Crippen LogP contribution in [0.4, 0.5) is 5.69 Å². The minimum Gasteiger partial charge on any atom is -0.496 e. The maximum Gasteiger partial charge on any atom is 0.250 e. The fourth-order valence-electron chi connectivity index (χ4n) is 5.15. The molecule has 36 heavy (non-hydrogen) atoms. The van der Waals surface area contributed by atoms with Crippen molar-refractivity contribution in [3.8, 4) is 5.75 Å². The number of ether oxygens (including phenoxy) is 1. The highest BCUT2D eigenvalue weighted by Crippen LogP contribution is 2.39. The second-order valence-corrected chi connectivity index (χ2v) is 9.95. The Morgan fingerprint density at radius 3 is 2.42 bits per heavy atom. The van der Waals surface area contributed by atoms with E-state index in [9.17, 15) is 14.4 Å². The minimum absolute atomic E-state index is 0.0167. The van der Waals surface area contributed by atoms with Crippen molar-refractivity contribution in [2.75, 3.05) is 44.9 Å². The number of rotatable bonds is 8. The summed E-state index contributed by atoms with van der Waals surface area (Å²) in [5, 5.41) is 2.34. The van der Waals surface area contributed by atoms with Gasteiger partial charge in [0.1, 0.15) is 23.2 Å². The zero-order valence-electron chi connectivity index (χ0n) is 20.8. The van der Waals surface area contributed by atoms with Crippen molar-refractivity contribution in [2.24, 2.45) is 0 Å². The van der Waals surface area contributed by atoms with Crippen LogP contribution in [-0.2, 0) is 20.8 Å². The number of hydrogen-bond acceptors (Lipinski definition) is 5. The molecule has 1 spiro atoms. The van der Waals surface area contributed by atoms with E-state index in [0.29, 0.717) is 45.6 Å². The van der Waals surface area contributed by atoms with Crippen molar-refractivity contribution in [1.29, 1.82) is 0 Å². The average Bonchev–Trinajstić information content (AvgIpc) is 3.15. The quantitative estimate of drug-likeness (QED) is 0.550. The highest BCUT2D eigenvalue weighted by molar-refractivity contribution is 6.30. The summed E-state index contributed by atoms with van der Waals surface area (Å²) in [7, 11) is 1.63. The molecule has 0 bridgehead atoms. The Morgan fingerprint density at radius 2 is 1.75 bits per heavy atom. The summed E-state index contributed by atoms with van der Waals surface area (Å²) in [5.41, 5.74) is 1.15. The van der Waals surface area contributed by atoms with Gasteiger partial charge >= 0.3 is 0 Å². The molecule has 9 heteroatoms. The van der Waals surface area contributed by atoms with Crippen LogP contribution in [0.2, 0.25) is 0 Å². The first-order valence-electron chi connectivity index (χ1n) is 12.3. The number of carbonyl (C=O) groups is 3. The van der Waals surface area contributed by atoms with Crippen LogP contribution in [-0.4, -0.2) is 78.4 Å². The van der Waals surface area contributed by atoms with Gasteiger partial charge in [0.05, 0.1) is 13.8 Å². The Kier molecular flexibility index (Phi) is 8.04. The van der Waals surface area contributed by atoms with E-state index in [1.54, 1.807) is 23.8 Å². The molecule has 0 radical (unpaired) electrons. The first-order chi connectivity index (χ1) is 17.4. The number of carbonyl (C=O) groups excluding carboxylic acids is 3. The molecule has 2 heterocycles. The van der Waals surface area contributed by atoms with E-state index in [4.69, 9.17) is 16.3 Å². The van der Waals surface area contributed by atoms with Crippen molar-refractivity contribution < 1.29 is 19.1 Å². The number of anilines is 1. The van der Waals surface area contributed by atoms with Crippen LogP contribution in [0.3, 0.4) is 0 Å². The number of nitrogens with one attached hydrogen (secondary N) is 1. The minimum atomic E-state index is -0.786. The van der Waals surface area contributed by atoms with Gasteiger partial charge in [0.15, 0.2) is 0 Å². The van der Waals surface area contributed by atoms with Crippen molar-refractivity contribution in [2.45, 2.75) is 37.1 Å². The lowest BCUT2D eigenvalue weighted by Gasteiger charge is -2.43. The van der Waals surface area contributed by atoms with Crippen LogP contribution in [0.1, 0.15) is 25.3 Å². The van der Waals surface area contributed by atoms with Gasteiger partial charge in [-0.05, 0) is 49.9 Å². The maximum absolute atomic E-state index is 13.7. The van der Waals surface area contributed by atoms with E-state index in [-0.39, 0.29) is 24.3 Å². The number of piperidine rings is 1. The normalized spacial score (nSPS) is 17.9. The predicted octanol–water partition coefficient (Wildman–Crippen LogP) is 2.65. The SMILES string of the molecule is COc1ccccc1CCNC(=O)CN1CN(c2ccccc2)C2(CCN(C(=O)C(C)Cl)CC2)C1=O. The monoisotopic (exact) mass is 512 g/mol. The third-order valence-electron chi connectivity index (χ3n) is 7.07. The molecule has 1 unspecified atom stereocenters. The third-order valence-corrected chi connectivity index (χ3v) is 7.25.